The molecule has 1 atom stereocenters. The number of hydrogen-bond acceptors (Lipinski definition) is 3. The van der Waals surface area contributed by atoms with Crippen molar-refractivity contribution >= 4 is 23.4 Å². The van der Waals surface area contributed by atoms with E-state index in [-0.39, 0.29) is 5.91 Å². The summed E-state index contributed by atoms with van der Waals surface area (Å²) in [6.45, 7) is 5.96. The fourth-order valence-corrected chi connectivity index (χ4v) is 2.41. The summed E-state index contributed by atoms with van der Waals surface area (Å²) in [6.07, 6.45) is 3.18. The maximum absolute atomic E-state index is 11.9. The zero-order chi connectivity index (χ0) is 14.1. The molecule has 3 nitrogen and oxygen atoms in total. The number of hydrogen-bond donors (Lipinski definition) is 2. The van der Waals surface area contributed by atoms with E-state index in [9.17, 15) is 4.79 Å². The Balaban J connectivity index is 2.44. The summed E-state index contributed by atoms with van der Waals surface area (Å²) in [5.74, 6) is 1.58. The molecule has 0 saturated heterocycles. The predicted octanol–water partition coefficient (Wildman–Crippen LogP) is 3.24. The number of benzene rings is 1. The summed E-state index contributed by atoms with van der Waals surface area (Å²) >= 11 is 1.81. The van der Waals surface area contributed by atoms with Crippen LogP contribution in [0, 0.1) is 5.92 Å². The summed E-state index contributed by atoms with van der Waals surface area (Å²) in [6, 6.07) is 7.64. The summed E-state index contributed by atoms with van der Waals surface area (Å²) in [7, 11) is 0. The first-order valence-corrected chi connectivity index (χ1v) is 8.17. The number of rotatable bonds is 8. The quantitative estimate of drug-likeness (QED) is 0.768. The van der Waals surface area contributed by atoms with Crippen LogP contribution in [-0.4, -0.2) is 31.0 Å². The SMILES string of the molecule is CCCNc1ccc(C(=O)NCC(C)CSC)cc1. The van der Waals surface area contributed by atoms with Crippen LogP contribution >= 0.6 is 11.8 Å². The zero-order valence-electron chi connectivity index (χ0n) is 12.0. The van der Waals surface area contributed by atoms with E-state index in [2.05, 4.69) is 30.7 Å². The molecular weight excluding hydrogens is 256 g/mol. The molecule has 0 aliphatic rings. The largest absolute Gasteiger partial charge is 0.385 e. The van der Waals surface area contributed by atoms with Gasteiger partial charge in [-0.15, -0.1) is 0 Å². The second-order valence-electron chi connectivity index (χ2n) is 4.77. The van der Waals surface area contributed by atoms with Crippen LogP contribution in [0.4, 0.5) is 5.69 Å². The molecule has 0 aromatic heterocycles. The maximum Gasteiger partial charge on any atom is 0.251 e. The predicted molar refractivity (Wildman–Crippen MR) is 85.1 cm³/mol. The van der Waals surface area contributed by atoms with Crippen LogP contribution in [0.3, 0.4) is 0 Å². The van der Waals surface area contributed by atoms with Gasteiger partial charge < -0.3 is 10.6 Å². The van der Waals surface area contributed by atoms with Crippen LogP contribution in [0.2, 0.25) is 0 Å². The molecule has 0 saturated carbocycles. The average molecular weight is 280 g/mol. The molecule has 1 amide bonds. The van der Waals surface area contributed by atoms with E-state index in [1.807, 2.05) is 36.0 Å². The zero-order valence-corrected chi connectivity index (χ0v) is 12.8. The molecule has 19 heavy (non-hydrogen) atoms. The van der Waals surface area contributed by atoms with E-state index in [1.54, 1.807) is 0 Å². The van der Waals surface area contributed by atoms with Crippen molar-refractivity contribution in [2.75, 3.05) is 30.4 Å². The Morgan fingerprint density at radius 2 is 2.00 bits per heavy atom. The van der Waals surface area contributed by atoms with Gasteiger partial charge in [0.15, 0.2) is 0 Å². The fraction of sp³-hybridized carbons (Fsp3) is 0.533. The fourth-order valence-electron chi connectivity index (χ4n) is 1.72. The van der Waals surface area contributed by atoms with Crippen LogP contribution in [0.5, 0.6) is 0 Å². The highest BCUT2D eigenvalue weighted by atomic mass is 32.2. The van der Waals surface area contributed by atoms with Gasteiger partial charge in [-0.3, -0.25) is 4.79 Å². The number of thioether (sulfide) groups is 1. The molecule has 106 valence electrons. The molecule has 4 heteroatoms. The monoisotopic (exact) mass is 280 g/mol. The molecule has 0 aliphatic carbocycles. The minimum Gasteiger partial charge on any atom is -0.385 e. The summed E-state index contributed by atoms with van der Waals surface area (Å²) in [4.78, 5) is 11.9. The van der Waals surface area contributed by atoms with Gasteiger partial charge in [0.1, 0.15) is 0 Å². The first kappa shape index (κ1) is 15.9. The van der Waals surface area contributed by atoms with Gasteiger partial charge in [0.25, 0.3) is 5.91 Å². The first-order valence-electron chi connectivity index (χ1n) is 6.78. The molecule has 1 unspecified atom stereocenters. The van der Waals surface area contributed by atoms with Gasteiger partial charge in [-0.25, -0.2) is 0 Å². The lowest BCUT2D eigenvalue weighted by atomic mass is 10.1. The van der Waals surface area contributed by atoms with E-state index in [0.717, 1.165) is 36.5 Å². The average Bonchev–Trinajstić information content (AvgIpc) is 2.43. The number of carbonyl (C=O) groups is 1. The molecule has 2 N–H and O–H groups in total. The van der Waals surface area contributed by atoms with E-state index < -0.39 is 0 Å². The molecule has 0 bridgehead atoms. The standard InChI is InChI=1S/C15H24N2OS/c1-4-9-16-14-7-5-13(6-8-14)15(18)17-10-12(2)11-19-3/h5-8,12,16H,4,9-11H2,1-3H3,(H,17,18). The topological polar surface area (TPSA) is 41.1 Å². The Kier molecular flexibility index (Phi) is 7.41. The third-order valence-electron chi connectivity index (χ3n) is 2.79. The van der Waals surface area contributed by atoms with Crippen molar-refractivity contribution in [1.29, 1.82) is 0 Å². The van der Waals surface area contributed by atoms with E-state index in [4.69, 9.17) is 0 Å². The van der Waals surface area contributed by atoms with Gasteiger partial charge in [-0.1, -0.05) is 13.8 Å². The molecule has 0 aliphatic heterocycles. The molecule has 0 heterocycles. The van der Waals surface area contributed by atoms with Crippen LogP contribution < -0.4 is 10.6 Å². The first-order chi connectivity index (χ1) is 9.17. The Morgan fingerprint density at radius 1 is 1.32 bits per heavy atom. The highest BCUT2D eigenvalue weighted by Crippen LogP contribution is 2.10. The van der Waals surface area contributed by atoms with Crippen LogP contribution in [0.15, 0.2) is 24.3 Å². The van der Waals surface area contributed by atoms with Crippen LogP contribution in [-0.2, 0) is 0 Å². The van der Waals surface area contributed by atoms with Gasteiger partial charge >= 0.3 is 0 Å². The molecule has 0 fully saturated rings. The third-order valence-corrected chi connectivity index (χ3v) is 3.69. The lowest BCUT2D eigenvalue weighted by molar-refractivity contribution is 0.0949. The molecule has 1 aromatic rings. The van der Waals surface area contributed by atoms with Crippen molar-refractivity contribution in [2.24, 2.45) is 5.92 Å². The Hall–Kier alpha value is -1.16. The molecule has 0 radical (unpaired) electrons. The smallest absolute Gasteiger partial charge is 0.251 e. The van der Waals surface area contributed by atoms with Gasteiger partial charge in [0.05, 0.1) is 0 Å². The second-order valence-corrected chi connectivity index (χ2v) is 5.69. The molecule has 1 aromatic carbocycles. The van der Waals surface area contributed by atoms with E-state index in [0.29, 0.717) is 5.92 Å². The van der Waals surface area contributed by atoms with Crippen molar-refractivity contribution in [1.82, 2.24) is 5.32 Å². The lowest BCUT2D eigenvalue weighted by Gasteiger charge is -2.11. The Bertz CT molecular complexity index is 378. The molecule has 1 rings (SSSR count). The number of nitrogens with one attached hydrogen (secondary N) is 2. The van der Waals surface area contributed by atoms with Gasteiger partial charge in [0.2, 0.25) is 0 Å². The van der Waals surface area contributed by atoms with Gasteiger partial charge in [-0.2, -0.15) is 11.8 Å². The van der Waals surface area contributed by atoms with Crippen molar-refractivity contribution in [3.63, 3.8) is 0 Å². The number of anilines is 1. The summed E-state index contributed by atoms with van der Waals surface area (Å²) in [5.41, 5.74) is 1.78. The van der Waals surface area contributed by atoms with Crippen molar-refractivity contribution in [2.45, 2.75) is 20.3 Å². The van der Waals surface area contributed by atoms with Crippen LogP contribution in [0.1, 0.15) is 30.6 Å². The van der Waals surface area contributed by atoms with Crippen molar-refractivity contribution in [3.8, 4) is 0 Å². The number of carbonyl (C=O) groups excluding carboxylic acids is 1. The van der Waals surface area contributed by atoms with E-state index >= 15 is 0 Å². The lowest BCUT2D eigenvalue weighted by Crippen LogP contribution is -2.29. The van der Waals surface area contributed by atoms with Crippen molar-refractivity contribution < 1.29 is 4.79 Å². The Labute approximate surface area is 120 Å². The maximum atomic E-state index is 11.9. The highest BCUT2D eigenvalue weighted by Gasteiger charge is 2.07. The normalized spacial score (nSPS) is 11.9. The minimum absolute atomic E-state index is 0.00925. The van der Waals surface area contributed by atoms with Gasteiger partial charge in [0, 0.05) is 24.3 Å². The second kappa shape index (κ2) is 8.86. The minimum atomic E-state index is 0.00925. The van der Waals surface area contributed by atoms with E-state index in [1.165, 1.54) is 0 Å². The summed E-state index contributed by atoms with van der Waals surface area (Å²) in [5, 5.41) is 6.27. The third kappa shape index (κ3) is 6.01. The highest BCUT2D eigenvalue weighted by molar-refractivity contribution is 7.98. The van der Waals surface area contributed by atoms with Gasteiger partial charge in [-0.05, 0) is 48.6 Å². The Morgan fingerprint density at radius 3 is 2.58 bits per heavy atom. The van der Waals surface area contributed by atoms with Crippen LogP contribution in [0.25, 0.3) is 0 Å². The summed E-state index contributed by atoms with van der Waals surface area (Å²) < 4.78 is 0. The van der Waals surface area contributed by atoms with Crippen molar-refractivity contribution in [3.05, 3.63) is 29.8 Å². The molecular formula is C15H24N2OS. The molecule has 0 spiro atoms. The number of amides is 1.